The van der Waals surface area contributed by atoms with Gasteiger partial charge in [-0.15, -0.1) is 0 Å². The summed E-state index contributed by atoms with van der Waals surface area (Å²) in [6.45, 7) is 2.10. The Morgan fingerprint density at radius 1 is 1.04 bits per heavy atom. The largest absolute Gasteiger partial charge is 0.322 e. The Kier molecular flexibility index (Phi) is 5.30. The van der Waals surface area contributed by atoms with Gasteiger partial charge in [0.05, 0.1) is 18.6 Å². The molecule has 1 aromatic heterocycles. The van der Waals surface area contributed by atoms with Gasteiger partial charge in [0.25, 0.3) is 11.5 Å². The van der Waals surface area contributed by atoms with Crippen molar-refractivity contribution in [1.82, 2.24) is 14.9 Å². The number of benzene rings is 2. The van der Waals surface area contributed by atoms with Crippen LogP contribution in [0.3, 0.4) is 0 Å². The van der Waals surface area contributed by atoms with Crippen LogP contribution in [0.5, 0.6) is 0 Å². The molecular weight excluding hydrogens is 352 g/mol. The topological polar surface area (TPSA) is 76.0 Å². The molecule has 0 spiro atoms. The monoisotopic (exact) mass is 374 g/mol. The fourth-order valence-corrected chi connectivity index (χ4v) is 3.37. The molecule has 0 saturated heterocycles. The van der Waals surface area contributed by atoms with E-state index in [0.29, 0.717) is 18.5 Å². The SMILES string of the molecule is O=C(Nc1ccccc1)c1ccc(Cn2cnc3c(c2=O)CCNCC3)cc1. The lowest BCUT2D eigenvalue weighted by molar-refractivity contribution is 0.102. The Bertz CT molecular complexity index is 1030. The Morgan fingerprint density at radius 2 is 1.79 bits per heavy atom. The smallest absolute Gasteiger partial charge is 0.257 e. The number of para-hydroxylation sites is 1. The van der Waals surface area contributed by atoms with E-state index in [1.807, 2.05) is 42.5 Å². The summed E-state index contributed by atoms with van der Waals surface area (Å²) in [5.41, 5.74) is 4.02. The standard InChI is InChI=1S/C22H22N4O2/c27-21(25-18-4-2-1-3-5-18)17-8-6-16(7-9-17)14-26-15-24-20-11-13-23-12-10-19(20)22(26)28/h1-9,15,23H,10-14H2,(H,25,27). The summed E-state index contributed by atoms with van der Waals surface area (Å²) in [5, 5.41) is 6.17. The average Bonchev–Trinajstić information content (AvgIpc) is 2.97. The molecular formula is C22H22N4O2. The molecule has 1 amide bonds. The predicted octanol–water partition coefficient (Wildman–Crippen LogP) is 2.23. The molecule has 142 valence electrons. The van der Waals surface area contributed by atoms with Crippen molar-refractivity contribution >= 4 is 11.6 Å². The number of hydrogen-bond acceptors (Lipinski definition) is 4. The molecule has 3 aromatic rings. The van der Waals surface area contributed by atoms with Gasteiger partial charge in [-0.3, -0.25) is 14.2 Å². The van der Waals surface area contributed by atoms with Crippen molar-refractivity contribution in [3.05, 3.63) is 93.7 Å². The summed E-state index contributed by atoms with van der Waals surface area (Å²) in [6, 6.07) is 16.7. The fraction of sp³-hybridized carbons (Fsp3) is 0.227. The van der Waals surface area contributed by atoms with Crippen molar-refractivity contribution in [1.29, 1.82) is 0 Å². The first-order chi connectivity index (χ1) is 13.7. The minimum atomic E-state index is -0.158. The number of hydrogen-bond donors (Lipinski definition) is 2. The van der Waals surface area contributed by atoms with Gasteiger partial charge in [0, 0.05) is 29.8 Å². The van der Waals surface area contributed by atoms with Crippen LogP contribution in [0.2, 0.25) is 0 Å². The maximum absolute atomic E-state index is 12.8. The first kappa shape index (κ1) is 18.1. The van der Waals surface area contributed by atoms with Gasteiger partial charge in [-0.2, -0.15) is 0 Å². The van der Waals surface area contributed by atoms with Crippen LogP contribution < -0.4 is 16.2 Å². The van der Waals surface area contributed by atoms with Gasteiger partial charge in [-0.05, 0) is 42.8 Å². The highest BCUT2D eigenvalue weighted by Crippen LogP contribution is 2.11. The molecule has 0 atom stereocenters. The zero-order valence-electron chi connectivity index (χ0n) is 15.5. The lowest BCUT2D eigenvalue weighted by Crippen LogP contribution is -2.27. The molecule has 28 heavy (non-hydrogen) atoms. The molecule has 0 unspecified atom stereocenters. The first-order valence-corrected chi connectivity index (χ1v) is 9.44. The van der Waals surface area contributed by atoms with Crippen LogP contribution in [0.4, 0.5) is 5.69 Å². The molecule has 2 aromatic carbocycles. The van der Waals surface area contributed by atoms with Gasteiger partial charge in [-0.25, -0.2) is 4.98 Å². The molecule has 0 radical (unpaired) electrons. The Morgan fingerprint density at radius 3 is 2.57 bits per heavy atom. The van der Waals surface area contributed by atoms with Crippen LogP contribution in [0, 0.1) is 0 Å². The molecule has 1 aliphatic rings. The van der Waals surface area contributed by atoms with Crippen molar-refractivity contribution in [3.8, 4) is 0 Å². The van der Waals surface area contributed by atoms with E-state index in [-0.39, 0.29) is 11.5 Å². The van der Waals surface area contributed by atoms with Gasteiger partial charge in [0.1, 0.15) is 0 Å². The summed E-state index contributed by atoms with van der Waals surface area (Å²) in [6.07, 6.45) is 3.12. The third kappa shape index (κ3) is 4.02. The van der Waals surface area contributed by atoms with Crippen LogP contribution in [0.15, 0.2) is 65.7 Å². The molecule has 0 aliphatic carbocycles. The third-order valence-electron chi connectivity index (χ3n) is 4.91. The number of carbonyl (C=O) groups is 1. The normalized spacial score (nSPS) is 13.4. The maximum Gasteiger partial charge on any atom is 0.257 e. The maximum atomic E-state index is 12.8. The quantitative estimate of drug-likeness (QED) is 0.734. The number of amides is 1. The van der Waals surface area contributed by atoms with E-state index in [0.717, 1.165) is 42.0 Å². The molecule has 0 fully saturated rings. The molecule has 6 nitrogen and oxygen atoms in total. The lowest BCUT2D eigenvalue weighted by atomic mass is 10.1. The average molecular weight is 374 g/mol. The summed E-state index contributed by atoms with van der Waals surface area (Å²) in [4.78, 5) is 29.6. The molecule has 4 rings (SSSR count). The van der Waals surface area contributed by atoms with Crippen molar-refractivity contribution in [2.75, 3.05) is 18.4 Å². The third-order valence-corrected chi connectivity index (χ3v) is 4.91. The minimum absolute atomic E-state index is 0.0274. The molecule has 2 heterocycles. The number of carbonyl (C=O) groups excluding carboxylic acids is 1. The van der Waals surface area contributed by atoms with E-state index in [1.54, 1.807) is 23.0 Å². The number of anilines is 1. The van der Waals surface area contributed by atoms with Crippen molar-refractivity contribution in [2.45, 2.75) is 19.4 Å². The first-order valence-electron chi connectivity index (χ1n) is 9.44. The van der Waals surface area contributed by atoms with Crippen LogP contribution in [-0.2, 0) is 19.4 Å². The second kappa shape index (κ2) is 8.19. The Balaban J connectivity index is 1.48. The zero-order chi connectivity index (χ0) is 19.3. The summed E-state index contributed by atoms with van der Waals surface area (Å²) in [5.74, 6) is -0.158. The Labute approximate surface area is 163 Å². The molecule has 2 N–H and O–H groups in total. The van der Waals surface area contributed by atoms with E-state index < -0.39 is 0 Å². The summed E-state index contributed by atoms with van der Waals surface area (Å²) in [7, 11) is 0. The Hall–Kier alpha value is -3.25. The number of fused-ring (bicyclic) bond motifs is 1. The van der Waals surface area contributed by atoms with E-state index in [9.17, 15) is 9.59 Å². The van der Waals surface area contributed by atoms with Crippen molar-refractivity contribution in [2.24, 2.45) is 0 Å². The minimum Gasteiger partial charge on any atom is -0.322 e. The zero-order valence-corrected chi connectivity index (χ0v) is 15.5. The number of aromatic nitrogens is 2. The number of nitrogens with one attached hydrogen (secondary N) is 2. The molecule has 0 saturated carbocycles. The lowest BCUT2D eigenvalue weighted by Gasteiger charge is -2.10. The van der Waals surface area contributed by atoms with Gasteiger partial charge in [0.2, 0.25) is 0 Å². The van der Waals surface area contributed by atoms with Crippen LogP contribution in [0.1, 0.15) is 27.2 Å². The van der Waals surface area contributed by atoms with Crippen molar-refractivity contribution in [3.63, 3.8) is 0 Å². The number of rotatable bonds is 4. The highest BCUT2D eigenvalue weighted by Gasteiger charge is 2.14. The van der Waals surface area contributed by atoms with Gasteiger partial charge < -0.3 is 10.6 Å². The van der Waals surface area contributed by atoms with Crippen molar-refractivity contribution < 1.29 is 4.79 Å². The summed E-state index contributed by atoms with van der Waals surface area (Å²) >= 11 is 0. The molecule has 1 aliphatic heterocycles. The fourth-order valence-electron chi connectivity index (χ4n) is 3.37. The van der Waals surface area contributed by atoms with Crippen LogP contribution in [-0.4, -0.2) is 28.5 Å². The van der Waals surface area contributed by atoms with E-state index in [2.05, 4.69) is 15.6 Å². The highest BCUT2D eigenvalue weighted by atomic mass is 16.1. The van der Waals surface area contributed by atoms with Crippen LogP contribution in [0.25, 0.3) is 0 Å². The predicted molar refractivity (Wildman–Crippen MR) is 109 cm³/mol. The van der Waals surface area contributed by atoms with E-state index in [1.165, 1.54) is 0 Å². The van der Waals surface area contributed by atoms with Gasteiger partial charge >= 0.3 is 0 Å². The highest BCUT2D eigenvalue weighted by molar-refractivity contribution is 6.04. The molecule has 0 bridgehead atoms. The second-order valence-corrected chi connectivity index (χ2v) is 6.87. The second-order valence-electron chi connectivity index (χ2n) is 6.87. The van der Waals surface area contributed by atoms with Gasteiger partial charge in [0.15, 0.2) is 0 Å². The number of nitrogens with zero attached hydrogens (tertiary/aromatic N) is 2. The summed E-state index contributed by atoms with van der Waals surface area (Å²) < 4.78 is 1.64. The van der Waals surface area contributed by atoms with Gasteiger partial charge in [-0.1, -0.05) is 30.3 Å². The molecule has 6 heteroatoms. The van der Waals surface area contributed by atoms with Crippen LogP contribution >= 0.6 is 0 Å². The van der Waals surface area contributed by atoms with E-state index in [4.69, 9.17) is 0 Å². The van der Waals surface area contributed by atoms with E-state index >= 15 is 0 Å².